The lowest BCUT2D eigenvalue weighted by Gasteiger charge is -2.05. The SMILES string of the molecule is Cc1nn(C)c(NCc2ccncc2)c1[N+](=O)[O-]. The van der Waals surface area contributed by atoms with E-state index in [2.05, 4.69) is 15.4 Å². The number of anilines is 1. The molecule has 0 aliphatic rings. The molecule has 0 aliphatic heterocycles. The third-order valence-electron chi connectivity index (χ3n) is 2.58. The minimum atomic E-state index is -0.419. The molecule has 7 heteroatoms. The second kappa shape index (κ2) is 4.82. The van der Waals surface area contributed by atoms with Crippen LogP contribution in [0.1, 0.15) is 11.3 Å². The summed E-state index contributed by atoms with van der Waals surface area (Å²) in [6, 6.07) is 3.70. The van der Waals surface area contributed by atoms with Gasteiger partial charge in [0.25, 0.3) is 0 Å². The van der Waals surface area contributed by atoms with Crippen LogP contribution < -0.4 is 5.32 Å². The highest BCUT2D eigenvalue weighted by molar-refractivity contribution is 5.59. The molecule has 18 heavy (non-hydrogen) atoms. The summed E-state index contributed by atoms with van der Waals surface area (Å²) < 4.78 is 1.48. The van der Waals surface area contributed by atoms with Crippen molar-refractivity contribution in [3.63, 3.8) is 0 Å². The highest BCUT2D eigenvalue weighted by Gasteiger charge is 2.23. The van der Waals surface area contributed by atoms with Crippen molar-refractivity contribution < 1.29 is 4.92 Å². The van der Waals surface area contributed by atoms with E-state index in [1.807, 2.05) is 12.1 Å². The van der Waals surface area contributed by atoms with E-state index in [1.54, 1.807) is 26.4 Å². The number of aryl methyl sites for hydroxylation is 2. The zero-order valence-electron chi connectivity index (χ0n) is 10.1. The highest BCUT2D eigenvalue weighted by atomic mass is 16.6. The lowest BCUT2D eigenvalue weighted by atomic mass is 10.2. The van der Waals surface area contributed by atoms with Gasteiger partial charge in [-0.25, -0.2) is 4.68 Å². The van der Waals surface area contributed by atoms with Crippen LogP contribution in [-0.2, 0) is 13.6 Å². The Bertz CT molecular complexity index is 564. The molecule has 2 aromatic heterocycles. The molecule has 0 atom stereocenters. The van der Waals surface area contributed by atoms with Crippen LogP contribution in [-0.4, -0.2) is 19.7 Å². The summed E-state index contributed by atoms with van der Waals surface area (Å²) in [7, 11) is 1.68. The van der Waals surface area contributed by atoms with Crippen LogP contribution in [0.15, 0.2) is 24.5 Å². The van der Waals surface area contributed by atoms with Gasteiger partial charge in [-0.3, -0.25) is 15.1 Å². The molecule has 2 aromatic rings. The van der Waals surface area contributed by atoms with Gasteiger partial charge in [-0.2, -0.15) is 5.10 Å². The van der Waals surface area contributed by atoms with Crippen LogP contribution in [0.3, 0.4) is 0 Å². The number of nitrogens with zero attached hydrogens (tertiary/aromatic N) is 4. The summed E-state index contributed by atoms with van der Waals surface area (Å²) in [5.41, 5.74) is 1.42. The first-order chi connectivity index (χ1) is 8.59. The number of pyridine rings is 1. The van der Waals surface area contributed by atoms with Crippen molar-refractivity contribution in [1.82, 2.24) is 14.8 Å². The fraction of sp³-hybridized carbons (Fsp3) is 0.273. The normalized spacial score (nSPS) is 10.3. The molecule has 0 bridgehead atoms. The van der Waals surface area contributed by atoms with Gasteiger partial charge in [-0.15, -0.1) is 0 Å². The molecule has 94 valence electrons. The van der Waals surface area contributed by atoms with E-state index in [0.29, 0.717) is 18.1 Å². The van der Waals surface area contributed by atoms with Gasteiger partial charge in [0, 0.05) is 26.0 Å². The summed E-state index contributed by atoms with van der Waals surface area (Å²) in [6.45, 7) is 2.11. The Morgan fingerprint density at radius 1 is 1.44 bits per heavy atom. The van der Waals surface area contributed by atoms with E-state index in [9.17, 15) is 10.1 Å². The first-order valence-electron chi connectivity index (χ1n) is 5.40. The molecule has 7 nitrogen and oxygen atoms in total. The van der Waals surface area contributed by atoms with E-state index >= 15 is 0 Å². The van der Waals surface area contributed by atoms with Crippen LogP contribution >= 0.6 is 0 Å². The fourth-order valence-electron chi connectivity index (χ4n) is 1.75. The number of nitrogens with one attached hydrogen (secondary N) is 1. The number of hydrogen-bond donors (Lipinski definition) is 1. The van der Waals surface area contributed by atoms with Crippen LogP contribution in [0.5, 0.6) is 0 Å². The van der Waals surface area contributed by atoms with Crippen molar-refractivity contribution in [2.45, 2.75) is 13.5 Å². The van der Waals surface area contributed by atoms with Crippen LogP contribution in [0.2, 0.25) is 0 Å². The average molecular weight is 247 g/mol. The minimum Gasteiger partial charge on any atom is -0.360 e. The molecule has 0 aromatic carbocycles. The van der Waals surface area contributed by atoms with Gasteiger partial charge < -0.3 is 5.32 Å². The minimum absolute atomic E-state index is 0.0200. The molecule has 0 amide bonds. The molecule has 0 fully saturated rings. The Balaban J connectivity index is 2.22. The number of hydrogen-bond acceptors (Lipinski definition) is 5. The summed E-state index contributed by atoms with van der Waals surface area (Å²) in [5.74, 6) is 0.411. The second-order valence-electron chi connectivity index (χ2n) is 3.87. The van der Waals surface area contributed by atoms with E-state index in [0.717, 1.165) is 5.56 Å². The standard InChI is InChI=1S/C11H13N5O2/c1-8-10(16(17)18)11(15(2)14-8)13-7-9-3-5-12-6-4-9/h3-6,13H,7H2,1-2H3. The quantitative estimate of drug-likeness (QED) is 0.655. The summed E-state index contributed by atoms with van der Waals surface area (Å²) in [5, 5.41) is 18.0. The Morgan fingerprint density at radius 3 is 2.72 bits per heavy atom. The summed E-state index contributed by atoms with van der Waals surface area (Å²) in [4.78, 5) is 14.5. The largest absolute Gasteiger partial charge is 0.360 e. The number of aromatic nitrogens is 3. The average Bonchev–Trinajstić information content (AvgIpc) is 2.62. The smallest absolute Gasteiger partial charge is 0.333 e. The van der Waals surface area contributed by atoms with Gasteiger partial charge in [-0.05, 0) is 24.6 Å². The van der Waals surface area contributed by atoms with Crippen LogP contribution in [0, 0.1) is 17.0 Å². The molecular formula is C11H13N5O2. The van der Waals surface area contributed by atoms with E-state index in [1.165, 1.54) is 4.68 Å². The van der Waals surface area contributed by atoms with Crippen molar-refractivity contribution in [3.05, 3.63) is 45.9 Å². The molecule has 0 unspecified atom stereocenters. The van der Waals surface area contributed by atoms with Crippen LogP contribution in [0.25, 0.3) is 0 Å². The first-order valence-corrected chi connectivity index (χ1v) is 5.40. The zero-order valence-corrected chi connectivity index (χ0v) is 10.1. The molecule has 2 rings (SSSR count). The number of nitro groups is 1. The summed E-state index contributed by atoms with van der Waals surface area (Å²) >= 11 is 0. The maximum atomic E-state index is 11.0. The van der Waals surface area contributed by atoms with Crippen molar-refractivity contribution in [2.24, 2.45) is 7.05 Å². The monoisotopic (exact) mass is 247 g/mol. The molecule has 0 saturated heterocycles. The van der Waals surface area contributed by atoms with Crippen molar-refractivity contribution >= 4 is 11.5 Å². The third-order valence-corrected chi connectivity index (χ3v) is 2.58. The topological polar surface area (TPSA) is 85.9 Å². The van der Waals surface area contributed by atoms with Gasteiger partial charge in [0.1, 0.15) is 5.69 Å². The third kappa shape index (κ3) is 2.29. The first kappa shape index (κ1) is 12.0. The lowest BCUT2D eigenvalue weighted by Crippen LogP contribution is -2.06. The predicted octanol–water partition coefficient (Wildman–Crippen LogP) is 1.64. The van der Waals surface area contributed by atoms with Crippen molar-refractivity contribution in [2.75, 3.05) is 5.32 Å². The molecule has 2 heterocycles. The molecule has 0 spiro atoms. The molecule has 0 aliphatic carbocycles. The molecule has 0 radical (unpaired) electrons. The van der Waals surface area contributed by atoms with E-state index < -0.39 is 4.92 Å². The Morgan fingerprint density at radius 2 is 2.11 bits per heavy atom. The van der Waals surface area contributed by atoms with Gasteiger partial charge in [0.15, 0.2) is 0 Å². The molecule has 1 N–H and O–H groups in total. The van der Waals surface area contributed by atoms with Gasteiger partial charge >= 0.3 is 5.69 Å². The van der Waals surface area contributed by atoms with Gasteiger partial charge in [0.2, 0.25) is 5.82 Å². The van der Waals surface area contributed by atoms with Crippen molar-refractivity contribution in [1.29, 1.82) is 0 Å². The Hall–Kier alpha value is -2.44. The maximum absolute atomic E-state index is 11.0. The maximum Gasteiger partial charge on any atom is 0.333 e. The molecule has 0 saturated carbocycles. The summed E-state index contributed by atoms with van der Waals surface area (Å²) in [6.07, 6.45) is 3.36. The second-order valence-corrected chi connectivity index (χ2v) is 3.87. The van der Waals surface area contributed by atoms with Crippen LogP contribution in [0.4, 0.5) is 11.5 Å². The van der Waals surface area contributed by atoms with Crippen molar-refractivity contribution in [3.8, 4) is 0 Å². The predicted molar refractivity (Wildman–Crippen MR) is 66.2 cm³/mol. The highest BCUT2D eigenvalue weighted by Crippen LogP contribution is 2.27. The Kier molecular flexibility index (Phi) is 3.22. The molecular weight excluding hydrogens is 234 g/mol. The van der Waals surface area contributed by atoms with Gasteiger partial charge in [0.05, 0.1) is 4.92 Å². The zero-order chi connectivity index (χ0) is 13.1. The van der Waals surface area contributed by atoms with E-state index in [4.69, 9.17) is 0 Å². The lowest BCUT2D eigenvalue weighted by molar-refractivity contribution is -0.384. The fourth-order valence-corrected chi connectivity index (χ4v) is 1.75. The number of rotatable bonds is 4. The Labute approximate surface area is 104 Å². The van der Waals surface area contributed by atoms with Gasteiger partial charge in [-0.1, -0.05) is 0 Å². The van der Waals surface area contributed by atoms with E-state index in [-0.39, 0.29) is 5.69 Å².